The van der Waals surface area contributed by atoms with Crippen molar-refractivity contribution in [2.24, 2.45) is 0 Å². The highest BCUT2D eigenvalue weighted by atomic mass is 19.1. The minimum Gasteiger partial charge on any atom is -0.379 e. The second-order valence-electron chi connectivity index (χ2n) is 6.37. The molecule has 3 rings (SSSR count). The van der Waals surface area contributed by atoms with Crippen LogP contribution in [-0.2, 0) is 16.0 Å². The molecule has 2 fully saturated rings. The number of hydrogen-bond acceptors (Lipinski definition) is 3. The van der Waals surface area contributed by atoms with E-state index in [1.165, 1.54) is 12.1 Å². The Morgan fingerprint density at radius 2 is 2.29 bits per heavy atom. The number of halogens is 1. The first kappa shape index (κ1) is 17.2. The molecule has 0 aromatic heterocycles. The predicted octanol–water partition coefficient (Wildman–Crippen LogP) is 2.69. The third-order valence-corrected chi connectivity index (χ3v) is 4.74. The molecule has 5 nitrogen and oxygen atoms in total. The van der Waals surface area contributed by atoms with E-state index in [4.69, 9.17) is 9.47 Å². The molecule has 0 aliphatic carbocycles. The van der Waals surface area contributed by atoms with Gasteiger partial charge in [0.2, 0.25) is 0 Å². The molecule has 0 bridgehead atoms. The normalized spacial score (nSPS) is 26.2. The van der Waals surface area contributed by atoms with Gasteiger partial charge in [-0.15, -0.1) is 0 Å². The van der Waals surface area contributed by atoms with Crippen molar-refractivity contribution >= 4 is 6.03 Å². The molecule has 24 heavy (non-hydrogen) atoms. The molecule has 6 heteroatoms. The number of nitrogens with zero attached hydrogens (tertiary/aromatic N) is 1. The molecular formula is C18H25FN2O3. The molecule has 2 saturated heterocycles. The maximum absolute atomic E-state index is 13.2. The number of likely N-dealkylation sites (tertiary alicyclic amines) is 1. The zero-order valence-corrected chi connectivity index (χ0v) is 14.0. The van der Waals surface area contributed by atoms with Gasteiger partial charge in [-0.05, 0) is 43.9 Å². The van der Waals surface area contributed by atoms with Crippen LogP contribution in [0.15, 0.2) is 24.3 Å². The molecule has 3 atom stereocenters. The van der Waals surface area contributed by atoms with Crippen LogP contribution in [0.4, 0.5) is 9.18 Å². The summed E-state index contributed by atoms with van der Waals surface area (Å²) in [4.78, 5) is 14.3. The molecule has 1 aromatic carbocycles. The van der Waals surface area contributed by atoms with Crippen molar-refractivity contribution in [1.29, 1.82) is 0 Å². The van der Waals surface area contributed by atoms with Crippen LogP contribution in [0.1, 0.15) is 31.7 Å². The lowest BCUT2D eigenvalue weighted by Crippen LogP contribution is -2.48. The van der Waals surface area contributed by atoms with Crippen LogP contribution < -0.4 is 5.32 Å². The maximum Gasteiger partial charge on any atom is 0.318 e. The molecule has 1 N–H and O–H groups in total. The number of fused-ring (bicyclic) bond motifs is 1. The number of amides is 2. The van der Waals surface area contributed by atoms with E-state index in [2.05, 4.69) is 5.32 Å². The lowest BCUT2D eigenvalue weighted by Gasteiger charge is -2.35. The van der Waals surface area contributed by atoms with Crippen LogP contribution in [0, 0.1) is 5.82 Å². The average molecular weight is 336 g/mol. The highest BCUT2D eigenvalue weighted by Gasteiger charge is 2.41. The fourth-order valence-corrected chi connectivity index (χ4v) is 3.55. The second-order valence-corrected chi connectivity index (χ2v) is 6.37. The van der Waals surface area contributed by atoms with Crippen LogP contribution in [-0.4, -0.2) is 48.9 Å². The van der Waals surface area contributed by atoms with Gasteiger partial charge < -0.3 is 19.7 Å². The van der Waals surface area contributed by atoms with Gasteiger partial charge in [0.25, 0.3) is 0 Å². The second kappa shape index (κ2) is 7.94. The minimum atomic E-state index is -0.288. The van der Waals surface area contributed by atoms with E-state index in [0.29, 0.717) is 26.3 Å². The van der Waals surface area contributed by atoms with E-state index in [9.17, 15) is 9.18 Å². The summed E-state index contributed by atoms with van der Waals surface area (Å²) in [6, 6.07) is 6.33. The van der Waals surface area contributed by atoms with Gasteiger partial charge in [-0.2, -0.15) is 0 Å². The van der Waals surface area contributed by atoms with Gasteiger partial charge >= 0.3 is 6.03 Å². The van der Waals surface area contributed by atoms with Gasteiger partial charge in [-0.3, -0.25) is 0 Å². The third kappa shape index (κ3) is 4.05. The van der Waals surface area contributed by atoms with E-state index in [-0.39, 0.29) is 30.1 Å². The lowest BCUT2D eigenvalue weighted by molar-refractivity contribution is -0.0945. The lowest BCUT2D eigenvalue weighted by atomic mass is 9.99. The standard InChI is InChI=1S/C18H25FN2O3/c1-2-23-12-15-6-7-16-17(24-15)8-9-21(16)18(22)20-11-13-4-3-5-14(19)10-13/h3-5,10,15-17H,2,6-9,11-12H2,1H3,(H,20,22)/t15-,16?,17?/m1/s1. The van der Waals surface area contributed by atoms with Crippen LogP contribution in [0.25, 0.3) is 0 Å². The highest BCUT2D eigenvalue weighted by molar-refractivity contribution is 5.75. The number of hydrogen-bond donors (Lipinski definition) is 1. The third-order valence-electron chi connectivity index (χ3n) is 4.74. The smallest absolute Gasteiger partial charge is 0.318 e. The molecule has 2 amide bonds. The summed E-state index contributed by atoms with van der Waals surface area (Å²) in [5.41, 5.74) is 0.760. The van der Waals surface area contributed by atoms with Gasteiger partial charge in [0.05, 0.1) is 24.9 Å². The van der Waals surface area contributed by atoms with Gasteiger partial charge in [0.15, 0.2) is 0 Å². The summed E-state index contributed by atoms with van der Waals surface area (Å²) in [5, 5.41) is 2.89. The monoisotopic (exact) mass is 336 g/mol. The first-order valence-electron chi connectivity index (χ1n) is 8.69. The number of benzene rings is 1. The van der Waals surface area contributed by atoms with Crippen molar-refractivity contribution in [3.63, 3.8) is 0 Å². The molecule has 0 saturated carbocycles. The van der Waals surface area contributed by atoms with E-state index in [0.717, 1.165) is 24.8 Å². The average Bonchev–Trinajstić information content (AvgIpc) is 3.01. The molecule has 2 aliphatic rings. The van der Waals surface area contributed by atoms with Crippen LogP contribution in [0.3, 0.4) is 0 Å². The Morgan fingerprint density at radius 1 is 1.42 bits per heavy atom. The van der Waals surface area contributed by atoms with E-state index >= 15 is 0 Å². The Bertz CT molecular complexity index is 569. The Labute approximate surface area is 142 Å². The fourth-order valence-electron chi connectivity index (χ4n) is 3.55. The molecule has 2 aliphatic heterocycles. The number of rotatable bonds is 5. The predicted molar refractivity (Wildman–Crippen MR) is 88.1 cm³/mol. The quantitative estimate of drug-likeness (QED) is 0.899. The first-order valence-corrected chi connectivity index (χ1v) is 8.69. The molecule has 0 spiro atoms. The highest BCUT2D eigenvalue weighted by Crippen LogP contribution is 2.31. The fraction of sp³-hybridized carbons (Fsp3) is 0.611. The van der Waals surface area contributed by atoms with E-state index in [1.807, 2.05) is 11.8 Å². The number of carbonyl (C=O) groups excluding carboxylic acids is 1. The summed E-state index contributed by atoms with van der Waals surface area (Å²) in [5.74, 6) is -0.288. The summed E-state index contributed by atoms with van der Waals surface area (Å²) in [7, 11) is 0. The SMILES string of the molecule is CCOC[C@H]1CCC2C(CCN2C(=O)NCc2cccc(F)c2)O1. The van der Waals surface area contributed by atoms with Crippen molar-refractivity contribution in [1.82, 2.24) is 10.2 Å². The minimum absolute atomic E-state index is 0.0985. The molecule has 1 aromatic rings. The van der Waals surface area contributed by atoms with Gasteiger partial charge in [0.1, 0.15) is 5.82 Å². The summed E-state index contributed by atoms with van der Waals surface area (Å²) < 4.78 is 24.7. The first-order chi connectivity index (χ1) is 11.7. The van der Waals surface area contributed by atoms with Gasteiger partial charge in [0, 0.05) is 19.7 Å². The topological polar surface area (TPSA) is 50.8 Å². The number of ether oxygens (including phenoxy) is 2. The van der Waals surface area contributed by atoms with Crippen molar-refractivity contribution in [3.8, 4) is 0 Å². The number of carbonyl (C=O) groups is 1. The number of nitrogens with one attached hydrogen (secondary N) is 1. The number of urea groups is 1. The van der Waals surface area contributed by atoms with Crippen LogP contribution in [0.5, 0.6) is 0 Å². The summed E-state index contributed by atoms with van der Waals surface area (Å²) in [6.45, 7) is 4.34. The van der Waals surface area contributed by atoms with Crippen LogP contribution >= 0.6 is 0 Å². The molecule has 0 radical (unpaired) electrons. The zero-order chi connectivity index (χ0) is 16.9. The molecule has 2 heterocycles. The summed E-state index contributed by atoms with van der Waals surface area (Å²) in [6.07, 6.45) is 2.95. The Kier molecular flexibility index (Phi) is 5.68. The zero-order valence-electron chi connectivity index (χ0n) is 14.0. The maximum atomic E-state index is 13.2. The van der Waals surface area contributed by atoms with Crippen molar-refractivity contribution in [2.75, 3.05) is 19.8 Å². The van der Waals surface area contributed by atoms with Gasteiger partial charge in [-0.1, -0.05) is 12.1 Å². The van der Waals surface area contributed by atoms with Crippen molar-refractivity contribution < 1.29 is 18.7 Å². The van der Waals surface area contributed by atoms with Crippen molar-refractivity contribution in [2.45, 2.75) is 51.0 Å². The molecule has 2 unspecified atom stereocenters. The Balaban J connectivity index is 1.50. The van der Waals surface area contributed by atoms with Gasteiger partial charge in [-0.25, -0.2) is 9.18 Å². The Hall–Kier alpha value is -1.66. The summed E-state index contributed by atoms with van der Waals surface area (Å²) >= 11 is 0. The molecular weight excluding hydrogens is 311 g/mol. The van der Waals surface area contributed by atoms with E-state index < -0.39 is 0 Å². The largest absolute Gasteiger partial charge is 0.379 e. The molecule has 132 valence electrons. The van der Waals surface area contributed by atoms with E-state index in [1.54, 1.807) is 12.1 Å². The van der Waals surface area contributed by atoms with Crippen LogP contribution in [0.2, 0.25) is 0 Å². The van der Waals surface area contributed by atoms with Crippen molar-refractivity contribution in [3.05, 3.63) is 35.6 Å². The Morgan fingerprint density at radius 3 is 3.08 bits per heavy atom.